The summed E-state index contributed by atoms with van der Waals surface area (Å²) in [5.41, 5.74) is 2.28. The minimum atomic E-state index is -0.361. The first-order chi connectivity index (χ1) is 14.3. The van der Waals surface area contributed by atoms with Gasteiger partial charge < -0.3 is 14.5 Å². The van der Waals surface area contributed by atoms with E-state index in [0.717, 1.165) is 10.1 Å². The van der Waals surface area contributed by atoms with Crippen LogP contribution in [0.5, 0.6) is 0 Å². The number of hydrogen-bond donors (Lipinski definition) is 1. The van der Waals surface area contributed by atoms with E-state index in [-0.39, 0.29) is 35.2 Å². The number of fused-ring (bicyclic) bond motifs is 1. The fourth-order valence-corrected chi connectivity index (χ4v) is 3.09. The van der Waals surface area contributed by atoms with E-state index in [0.29, 0.717) is 16.9 Å². The number of pyridine rings is 1. The molecule has 3 aromatic heterocycles. The molecule has 0 fully saturated rings. The quantitative estimate of drug-likeness (QED) is 0.555. The number of benzene rings is 1. The Balaban J connectivity index is 1.72. The predicted molar refractivity (Wildman–Crippen MR) is 112 cm³/mol. The molecule has 3 heterocycles. The summed E-state index contributed by atoms with van der Waals surface area (Å²) in [5, 5.41) is 7.09. The Kier molecular flexibility index (Phi) is 4.78. The molecule has 1 N–H and O–H groups in total. The van der Waals surface area contributed by atoms with Crippen LogP contribution in [0.1, 0.15) is 11.3 Å². The lowest BCUT2D eigenvalue weighted by Crippen LogP contribution is -2.25. The second-order valence-corrected chi connectivity index (χ2v) is 7.14. The van der Waals surface area contributed by atoms with E-state index in [4.69, 9.17) is 0 Å². The molecule has 1 aromatic carbocycles. The molecule has 30 heavy (non-hydrogen) atoms. The van der Waals surface area contributed by atoms with Crippen LogP contribution in [0.2, 0.25) is 0 Å². The van der Waals surface area contributed by atoms with Gasteiger partial charge in [0.1, 0.15) is 6.54 Å². The summed E-state index contributed by atoms with van der Waals surface area (Å²) < 4.78 is 4.18. The zero-order chi connectivity index (χ0) is 21.4. The van der Waals surface area contributed by atoms with Crippen molar-refractivity contribution in [3.8, 4) is 11.4 Å². The van der Waals surface area contributed by atoms with Gasteiger partial charge in [0.15, 0.2) is 5.82 Å². The van der Waals surface area contributed by atoms with Gasteiger partial charge in [-0.15, -0.1) is 5.10 Å². The largest absolute Gasteiger partial charge is 0.325 e. The highest BCUT2D eigenvalue weighted by Crippen LogP contribution is 2.15. The SMILES string of the molecule is Cc1ccc(NC(=O)Cn2c(C)cc(=O)n3nc(-c4ccn(C)c(=O)c4)nc23)cc1. The van der Waals surface area contributed by atoms with Crippen LogP contribution in [0.25, 0.3) is 17.2 Å². The third kappa shape index (κ3) is 3.64. The van der Waals surface area contributed by atoms with Gasteiger partial charge in [-0.2, -0.15) is 9.50 Å². The highest BCUT2D eigenvalue weighted by molar-refractivity contribution is 5.90. The molecule has 0 bridgehead atoms. The van der Waals surface area contributed by atoms with Crippen LogP contribution in [0.3, 0.4) is 0 Å². The molecule has 4 rings (SSSR count). The maximum atomic E-state index is 12.6. The number of nitrogens with one attached hydrogen (secondary N) is 1. The van der Waals surface area contributed by atoms with Crippen LogP contribution < -0.4 is 16.4 Å². The van der Waals surface area contributed by atoms with Crippen LogP contribution >= 0.6 is 0 Å². The number of carbonyl (C=O) groups excluding carboxylic acids is 1. The fourth-order valence-electron chi connectivity index (χ4n) is 3.09. The second-order valence-electron chi connectivity index (χ2n) is 7.14. The van der Waals surface area contributed by atoms with Crippen LogP contribution in [0.15, 0.2) is 58.3 Å². The van der Waals surface area contributed by atoms with Crippen molar-refractivity contribution >= 4 is 17.4 Å². The molecule has 1 amide bonds. The van der Waals surface area contributed by atoms with Crippen molar-refractivity contribution in [1.29, 1.82) is 0 Å². The minimum Gasteiger partial charge on any atom is -0.325 e. The van der Waals surface area contributed by atoms with Crippen LogP contribution in [-0.4, -0.2) is 29.6 Å². The van der Waals surface area contributed by atoms with E-state index >= 15 is 0 Å². The first-order valence-electron chi connectivity index (χ1n) is 9.32. The first-order valence-corrected chi connectivity index (χ1v) is 9.32. The average molecular weight is 404 g/mol. The maximum absolute atomic E-state index is 12.6. The van der Waals surface area contributed by atoms with Crippen molar-refractivity contribution < 1.29 is 4.79 Å². The molecule has 0 aliphatic rings. The van der Waals surface area contributed by atoms with E-state index < -0.39 is 0 Å². The lowest BCUT2D eigenvalue weighted by atomic mass is 10.2. The Labute approximate surface area is 171 Å². The molecule has 0 spiro atoms. The van der Waals surface area contributed by atoms with E-state index in [1.807, 2.05) is 31.2 Å². The van der Waals surface area contributed by atoms with Crippen molar-refractivity contribution in [1.82, 2.24) is 23.7 Å². The van der Waals surface area contributed by atoms with Gasteiger partial charge >= 0.3 is 0 Å². The summed E-state index contributed by atoms with van der Waals surface area (Å²) >= 11 is 0. The summed E-state index contributed by atoms with van der Waals surface area (Å²) in [4.78, 5) is 41.4. The van der Waals surface area contributed by atoms with Crippen molar-refractivity contribution in [2.45, 2.75) is 20.4 Å². The molecular formula is C21H20N6O3. The van der Waals surface area contributed by atoms with Crippen molar-refractivity contribution in [3.05, 3.63) is 80.6 Å². The molecule has 9 nitrogen and oxygen atoms in total. The Morgan fingerprint density at radius 2 is 1.77 bits per heavy atom. The zero-order valence-electron chi connectivity index (χ0n) is 16.8. The molecular weight excluding hydrogens is 384 g/mol. The number of rotatable bonds is 4. The Bertz CT molecular complexity index is 1380. The smallest absolute Gasteiger partial charge is 0.275 e. The number of aromatic nitrogens is 5. The molecule has 0 saturated heterocycles. The van der Waals surface area contributed by atoms with Crippen LogP contribution in [0.4, 0.5) is 5.69 Å². The normalized spacial score (nSPS) is 11.0. The van der Waals surface area contributed by atoms with Crippen LogP contribution in [0, 0.1) is 13.8 Å². The first kappa shape index (κ1) is 19.3. The predicted octanol–water partition coefficient (Wildman–Crippen LogP) is 1.51. The third-order valence-corrected chi connectivity index (χ3v) is 4.80. The highest BCUT2D eigenvalue weighted by atomic mass is 16.2. The van der Waals surface area contributed by atoms with E-state index in [9.17, 15) is 14.4 Å². The summed E-state index contributed by atoms with van der Waals surface area (Å²) in [7, 11) is 1.64. The Morgan fingerprint density at radius 1 is 1.03 bits per heavy atom. The molecule has 0 saturated carbocycles. The second kappa shape index (κ2) is 7.43. The standard InChI is InChI=1S/C21H20N6O3/c1-13-4-6-16(7-5-13)22-17(28)12-26-14(2)10-19(30)27-21(26)23-20(24-27)15-8-9-25(3)18(29)11-15/h4-11H,12H2,1-3H3,(H,22,28). The van der Waals surface area contributed by atoms with Crippen LogP contribution in [-0.2, 0) is 18.4 Å². The van der Waals surface area contributed by atoms with Crippen molar-refractivity contribution in [3.63, 3.8) is 0 Å². The zero-order valence-corrected chi connectivity index (χ0v) is 16.8. The summed E-state index contributed by atoms with van der Waals surface area (Å²) in [6, 6.07) is 12.0. The van der Waals surface area contributed by atoms with E-state index in [1.165, 1.54) is 16.7 Å². The molecule has 0 radical (unpaired) electrons. The van der Waals surface area contributed by atoms with Gasteiger partial charge in [-0.05, 0) is 32.0 Å². The molecule has 0 aliphatic carbocycles. The van der Waals surface area contributed by atoms with Gasteiger partial charge in [-0.25, -0.2) is 0 Å². The highest BCUT2D eigenvalue weighted by Gasteiger charge is 2.16. The maximum Gasteiger partial charge on any atom is 0.275 e. The number of amides is 1. The monoisotopic (exact) mass is 404 g/mol. The number of aryl methyl sites for hydroxylation is 3. The number of nitrogens with zero attached hydrogens (tertiary/aromatic N) is 5. The van der Waals surface area contributed by atoms with Gasteiger partial charge in [-0.3, -0.25) is 14.4 Å². The van der Waals surface area contributed by atoms with Crippen molar-refractivity contribution in [2.75, 3.05) is 5.32 Å². The molecule has 0 aliphatic heterocycles. The molecule has 4 aromatic rings. The van der Waals surface area contributed by atoms with E-state index in [1.54, 1.807) is 30.8 Å². The molecule has 0 atom stereocenters. The number of carbonyl (C=O) groups is 1. The van der Waals surface area contributed by atoms with Gasteiger partial charge in [-0.1, -0.05) is 17.7 Å². The third-order valence-electron chi connectivity index (χ3n) is 4.80. The van der Waals surface area contributed by atoms with Gasteiger partial charge in [0.2, 0.25) is 11.7 Å². The fraction of sp³-hybridized carbons (Fsp3) is 0.190. The Hall–Kier alpha value is -4.01. The van der Waals surface area contributed by atoms with Gasteiger partial charge in [0, 0.05) is 42.3 Å². The average Bonchev–Trinajstić information content (AvgIpc) is 3.15. The Morgan fingerprint density at radius 3 is 2.47 bits per heavy atom. The lowest BCUT2D eigenvalue weighted by molar-refractivity contribution is -0.116. The molecule has 152 valence electrons. The van der Waals surface area contributed by atoms with Gasteiger partial charge in [0.05, 0.1) is 0 Å². The number of anilines is 1. The molecule has 9 heteroatoms. The van der Waals surface area contributed by atoms with E-state index in [2.05, 4.69) is 15.4 Å². The number of hydrogen-bond acceptors (Lipinski definition) is 5. The van der Waals surface area contributed by atoms with Crippen molar-refractivity contribution in [2.24, 2.45) is 7.05 Å². The van der Waals surface area contributed by atoms with Gasteiger partial charge in [0.25, 0.3) is 11.1 Å². The topological polar surface area (TPSA) is 103 Å². The summed E-state index contributed by atoms with van der Waals surface area (Å²) in [5.74, 6) is 0.212. The molecule has 0 unspecified atom stereocenters. The minimum absolute atomic E-state index is 0.0435. The summed E-state index contributed by atoms with van der Waals surface area (Å²) in [6.45, 7) is 3.66. The lowest BCUT2D eigenvalue weighted by Gasteiger charge is -2.11. The summed E-state index contributed by atoms with van der Waals surface area (Å²) in [6.07, 6.45) is 1.61.